The second kappa shape index (κ2) is 6.71. The number of ether oxygens (including phenoxy) is 1. The minimum absolute atomic E-state index is 0.00957. The molecule has 1 aromatic heterocycles. The number of nitrogens with zero attached hydrogens (tertiary/aromatic N) is 3. The second-order valence-corrected chi connectivity index (χ2v) is 8.90. The van der Waals surface area contributed by atoms with Gasteiger partial charge in [0.15, 0.2) is 5.78 Å². The van der Waals surface area contributed by atoms with Gasteiger partial charge in [-0.1, -0.05) is 26.0 Å². The van der Waals surface area contributed by atoms with Crippen LogP contribution in [0.4, 0.5) is 0 Å². The number of amides is 1. The van der Waals surface area contributed by atoms with Crippen molar-refractivity contribution in [1.29, 1.82) is 0 Å². The molecule has 0 N–H and O–H groups in total. The molecule has 1 aromatic carbocycles. The highest BCUT2D eigenvalue weighted by Crippen LogP contribution is 2.51. The Balaban J connectivity index is 1.34. The van der Waals surface area contributed by atoms with Crippen LogP contribution in [-0.2, 0) is 11.3 Å². The Morgan fingerprint density at radius 3 is 2.97 bits per heavy atom. The van der Waals surface area contributed by atoms with Gasteiger partial charge in [-0.25, -0.2) is 4.98 Å². The van der Waals surface area contributed by atoms with Crippen LogP contribution in [0.2, 0.25) is 0 Å². The minimum Gasteiger partial charge on any atom is -0.484 e. The molecule has 2 saturated heterocycles. The molecular formula is C23H27N3O3. The van der Waals surface area contributed by atoms with Crippen LogP contribution < -0.4 is 4.74 Å². The van der Waals surface area contributed by atoms with Crippen molar-refractivity contribution in [2.75, 3.05) is 0 Å². The van der Waals surface area contributed by atoms with E-state index in [4.69, 9.17) is 4.74 Å². The van der Waals surface area contributed by atoms with Crippen molar-refractivity contribution in [3.8, 4) is 5.75 Å². The molecular weight excluding hydrogens is 366 g/mol. The summed E-state index contributed by atoms with van der Waals surface area (Å²) in [4.78, 5) is 32.4. The summed E-state index contributed by atoms with van der Waals surface area (Å²) in [6.45, 7) is 4.86. The van der Waals surface area contributed by atoms with Crippen molar-refractivity contribution in [2.45, 2.75) is 76.1 Å². The van der Waals surface area contributed by atoms with Gasteiger partial charge >= 0.3 is 0 Å². The lowest BCUT2D eigenvalue weighted by Gasteiger charge is -2.40. The van der Waals surface area contributed by atoms with Crippen LogP contribution in [0.1, 0.15) is 68.1 Å². The maximum Gasteiger partial charge on any atom is 0.225 e. The molecule has 1 spiro atoms. The number of hydrogen-bond donors (Lipinski definition) is 0. The van der Waals surface area contributed by atoms with Crippen LogP contribution in [0, 0.1) is 0 Å². The summed E-state index contributed by atoms with van der Waals surface area (Å²) in [5, 5.41) is 0. The van der Waals surface area contributed by atoms with E-state index in [-0.39, 0.29) is 23.8 Å². The van der Waals surface area contributed by atoms with Gasteiger partial charge in [0.25, 0.3) is 0 Å². The Hall–Kier alpha value is -2.63. The highest BCUT2D eigenvalue weighted by molar-refractivity contribution is 6.00. The van der Waals surface area contributed by atoms with Crippen molar-refractivity contribution < 1.29 is 14.3 Å². The topological polar surface area (TPSA) is 64.4 Å². The molecule has 3 atom stereocenters. The third-order valence-electron chi connectivity index (χ3n) is 6.77. The molecule has 2 fully saturated rings. The first-order chi connectivity index (χ1) is 14.0. The average molecular weight is 393 g/mol. The fourth-order valence-electron chi connectivity index (χ4n) is 5.58. The van der Waals surface area contributed by atoms with E-state index in [1.54, 1.807) is 6.20 Å². The summed E-state index contributed by atoms with van der Waals surface area (Å²) in [6.07, 6.45) is 7.23. The molecule has 2 aromatic rings. The highest BCUT2D eigenvalue weighted by atomic mass is 16.5. The van der Waals surface area contributed by atoms with E-state index in [0.29, 0.717) is 36.6 Å². The number of para-hydroxylation sites is 1. The zero-order valence-electron chi connectivity index (χ0n) is 17.0. The first-order valence-electron chi connectivity index (χ1n) is 10.6. The van der Waals surface area contributed by atoms with Crippen LogP contribution in [0.15, 0.2) is 36.7 Å². The first kappa shape index (κ1) is 18.4. The third-order valence-corrected chi connectivity index (χ3v) is 6.77. The molecule has 1 amide bonds. The number of hydrogen-bond acceptors (Lipinski definition) is 4. The molecule has 152 valence electrons. The largest absolute Gasteiger partial charge is 0.484 e. The van der Waals surface area contributed by atoms with Crippen molar-refractivity contribution in [3.05, 3.63) is 48.0 Å². The number of rotatable bonds is 4. The summed E-state index contributed by atoms with van der Waals surface area (Å²) in [7, 11) is 0. The van der Waals surface area contributed by atoms with Gasteiger partial charge in [-0.05, 0) is 25.0 Å². The average Bonchev–Trinajstić information content (AvgIpc) is 3.39. The lowest BCUT2D eigenvalue weighted by molar-refractivity contribution is -0.134. The van der Waals surface area contributed by atoms with E-state index in [0.717, 1.165) is 25.1 Å². The number of Topliss-reactive ketones (excluding diaryl/α,β-unsaturated/α-hetero) is 1. The van der Waals surface area contributed by atoms with Gasteiger partial charge < -0.3 is 14.2 Å². The van der Waals surface area contributed by atoms with Gasteiger partial charge in [-0.2, -0.15) is 0 Å². The Kier molecular flexibility index (Phi) is 4.26. The van der Waals surface area contributed by atoms with E-state index in [2.05, 4.69) is 23.4 Å². The van der Waals surface area contributed by atoms with Gasteiger partial charge in [-0.15, -0.1) is 0 Å². The van der Waals surface area contributed by atoms with Crippen molar-refractivity contribution in [1.82, 2.24) is 14.5 Å². The Morgan fingerprint density at radius 1 is 1.31 bits per heavy atom. The van der Waals surface area contributed by atoms with Crippen molar-refractivity contribution in [3.63, 3.8) is 0 Å². The molecule has 0 aliphatic carbocycles. The van der Waals surface area contributed by atoms with E-state index in [1.165, 1.54) is 0 Å². The fraction of sp³-hybridized carbons (Fsp3) is 0.522. The number of fused-ring (bicyclic) bond motifs is 4. The van der Waals surface area contributed by atoms with Crippen LogP contribution >= 0.6 is 0 Å². The van der Waals surface area contributed by atoms with Crippen molar-refractivity contribution in [2.24, 2.45) is 0 Å². The summed E-state index contributed by atoms with van der Waals surface area (Å²) >= 11 is 0. The smallest absolute Gasteiger partial charge is 0.225 e. The lowest BCUT2D eigenvalue weighted by atomic mass is 9.78. The highest BCUT2D eigenvalue weighted by Gasteiger charge is 2.61. The van der Waals surface area contributed by atoms with E-state index < -0.39 is 5.60 Å². The predicted molar refractivity (Wildman–Crippen MR) is 108 cm³/mol. The molecule has 3 unspecified atom stereocenters. The van der Waals surface area contributed by atoms with E-state index in [1.807, 2.05) is 35.4 Å². The van der Waals surface area contributed by atoms with Crippen LogP contribution in [-0.4, -0.2) is 43.8 Å². The van der Waals surface area contributed by atoms with E-state index in [9.17, 15) is 9.59 Å². The third kappa shape index (κ3) is 2.88. The summed E-state index contributed by atoms with van der Waals surface area (Å²) in [5.74, 6) is 2.30. The minimum atomic E-state index is -0.553. The summed E-state index contributed by atoms with van der Waals surface area (Å²) in [5.41, 5.74) is 0.113. The molecule has 3 aliphatic heterocycles. The first-order valence-corrected chi connectivity index (χ1v) is 10.6. The monoisotopic (exact) mass is 393 g/mol. The lowest BCUT2D eigenvalue weighted by Crippen LogP contribution is -2.52. The van der Waals surface area contributed by atoms with Crippen LogP contribution in [0.3, 0.4) is 0 Å². The molecule has 5 rings (SSSR count). The molecule has 3 aliphatic rings. The van der Waals surface area contributed by atoms with Crippen LogP contribution in [0.25, 0.3) is 0 Å². The van der Waals surface area contributed by atoms with E-state index >= 15 is 0 Å². The Bertz CT molecular complexity index is 966. The van der Waals surface area contributed by atoms with Gasteiger partial charge in [-0.3, -0.25) is 9.59 Å². The quantitative estimate of drug-likeness (QED) is 0.797. The SMILES string of the molecule is CC(C)c1nccn1CCC(=O)N1C2CCC1C1(CC(=O)c3ccccc3O1)C2. The van der Waals surface area contributed by atoms with Gasteiger partial charge in [0, 0.05) is 43.7 Å². The zero-order chi connectivity index (χ0) is 20.2. The zero-order valence-corrected chi connectivity index (χ0v) is 17.0. The second-order valence-electron chi connectivity index (χ2n) is 8.90. The number of aryl methyl sites for hydroxylation is 1. The molecule has 2 bridgehead atoms. The predicted octanol–water partition coefficient (Wildman–Crippen LogP) is 3.56. The number of benzene rings is 1. The molecule has 4 heterocycles. The Labute approximate surface area is 170 Å². The number of aromatic nitrogens is 2. The molecule has 6 heteroatoms. The normalized spacial score (nSPS) is 27.6. The van der Waals surface area contributed by atoms with Crippen molar-refractivity contribution >= 4 is 11.7 Å². The standard InChI is InChI=1S/C23H27N3O3/c1-15(2)22-24-10-12-25(22)11-9-21(28)26-16-7-8-20(26)23(13-16)14-18(27)17-5-3-4-6-19(17)29-23/h3-6,10,12,15-16,20H,7-9,11,13-14H2,1-2H3. The summed E-state index contributed by atoms with van der Waals surface area (Å²) in [6, 6.07) is 7.65. The number of carbonyl (C=O) groups is 2. The van der Waals surface area contributed by atoms with Gasteiger partial charge in [0.05, 0.1) is 18.0 Å². The summed E-state index contributed by atoms with van der Waals surface area (Å²) < 4.78 is 8.51. The Morgan fingerprint density at radius 2 is 2.14 bits per heavy atom. The van der Waals surface area contributed by atoms with Gasteiger partial charge in [0.2, 0.25) is 5.91 Å². The van der Waals surface area contributed by atoms with Crippen LogP contribution in [0.5, 0.6) is 5.75 Å². The molecule has 0 saturated carbocycles. The number of carbonyl (C=O) groups excluding carboxylic acids is 2. The maximum absolute atomic E-state index is 13.2. The van der Waals surface area contributed by atoms with Gasteiger partial charge in [0.1, 0.15) is 17.2 Å². The molecule has 6 nitrogen and oxygen atoms in total. The molecule has 29 heavy (non-hydrogen) atoms. The fourth-order valence-corrected chi connectivity index (χ4v) is 5.58. The number of imidazole rings is 1. The number of ketones is 1. The maximum atomic E-state index is 13.2. The molecule has 0 radical (unpaired) electrons.